The maximum atomic E-state index is 12.6. The molecule has 1 saturated heterocycles. The number of nitrogens with zero attached hydrogens (tertiary/aromatic N) is 3. The Morgan fingerprint density at radius 2 is 2.00 bits per heavy atom. The van der Waals surface area contributed by atoms with Gasteiger partial charge in [-0.3, -0.25) is 14.5 Å². The molecule has 1 atom stereocenters. The maximum absolute atomic E-state index is 12.6. The minimum Gasteiger partial charge on any atom is -0.444 e. The predicted octanol–water partition coefficient (Wildman–Crippen LogP) is 1.64. The SMILES string of the molecule is CC(C)(C)OC(=O)N1CCCC1C(=O)NCCn1nc2c(cc1=O)CCCC2. The van der Waals surface area contributed by atoms with Crippen LogP contribution in [0.4, 0.5) is 4.79 Å². The van der Waals surface area contributed by atoms with Crippen molar-refractivity contribution in [3.8, 4) is 0 Å². The van der Waals surface area contributed by atoms with Crippen molar-refractivity contribution in [2.24, 2.45) is 0 Å². The molecule has 1 aliphatic heterocycles. The molecule has 1 aliphatic carbocycles. The van der Waals surface area contributed by atoms with Crippen molar-refractivity contribution in [3.05, 3.63) is 27.7 Å². The van der Waals surface area contributed by atoms with Gasteiger partial charge < -0.3 is 10.1 Å². The highest BCUT2D eigenvalue weighted by molar-refractivity contribution is 5.86. The van der Waals surface area contributed by atoms with Gasteiger partial charge in [-0.15, -0.1) is 0 Å². The van der Waals surface area contributed by atoms with Crippen LogP contribution in [0.1, 0.15) is 57.7 Å². The quantitative estimate of drug-likeness (QED) is 0.844. The molecule has 0 saturated carbocycles. The molecule has 0 bridgehead atoms. The van der Waals surface area contributed by atoms with Crippen LogP contribution in [0.2, 0.25) is 0 Å². The van der Waals surface area contributed by atoms with Gasteiger partial charge in [0.2, 0.25) is 5.91 Å². The molecule has 1 aromatic heterocycles. The highest BCUT2D eigenvalue weighted by atomic mass is 16.6. The zero-order valence-corrected chi connectivity index (χ0v) is 17.0. The van der Waals surface area contributed by atoms with E-state index < -0.39 is 17.7 Å². The molecule has 1 fully saturated rings. The van der Waals surface area contributed by atoms with Crippen LogP contribution in [0.15, 0.2) is 10.9 Å². The number of rotatable bonds is 4. The van der Waals surface area contributed by atoms with Gasteiger partial charge in [-0.05, 0) is 64.9 Å². The number of ether oxygens (including phenoxy) is 1. The average Bonchev–Trinajstić information content (AvgIpc) is 3.10. The second-order valence-corrected chi connectivity index (χ2v) is 8.51. The Balaban J connectivity index is 1.55. The Morgan fingerprint density at radius 3 is 2.75 bits per heavy atom. The highest BCUT2D eigenvalue weighted by Gasteiger charge is 2.36. The van der Waals surface area contributed by atoms with Gasteiger partial charge in [-0.1, -0.05) is 0 Å². The summed E-state index contributed by atoms with van der Waals surface area (Å²) in [6, 6.07) is 1.15. The number of likely N-dealkylation sites (tertiary alicyclic amines) is 1. The smallest absolute Gasteiger partial charge is 0.410 e. The molecule has 154 valence electrons. The number of carbonyl (C=O) groups excluding carboxylic acids is 2. The summed E-state index contributed by atoms with van der Waals surface area (Å²) < 4.78 is 6.82. The monoisotopic (exact) mass is 390 g/mol. The number of fused-ring (bicyclic) bond motifs is 1. The Kier molecular flexibility index (Phi) is 6.05. The molecule has 3 rings (SSSR count). The number of aryl methyl sites for hydroxylation is 2. The summed E-state index contributed by atoms with van der Waals surface area (Å²) in [6.07, 6.45) is 4.93. The third-order valence-corrected chi connectivity index (χ3v) is 5.08. The molecule has 2 amide bonds. The summed E-state index contributed by atoms with van der Waals surface area (Å²) in [7, 11) is 0. The Morgan fingerprint density at radius 1 is 1.25 bits per heavy atom. The van der Waals surface area contributed by atoms with Crippen LogP contribution >= 0.6 is 0 Å². The fourth-order valence-electron chi connectivity index (χ4n) is 3.74. The van der Waals surface area contributed by atoms with Crippen LogP contribution in [-0.2, 0) is 28.9 Å². The molecule has 28 heavy (non-hydrogen) atoms. The molecule has 8 nitrogen and oxygen atoms in total. The number of amides is 2. The molecule has 1 unspecified atom stereocenters. The largest absolute Gasteiger partial charge is 0.444 e. The van der Waals surface area contributed by atoms with Crippen LogP contribution in [0.3, 0.4) is 0 Å². The number of hydrogen-bond acceptors (Lipinski definition) is 5. The first kappa shape index (κ1) is 20.4. The normalized spacial score (nSPS) is 19.2. The summed E-state index contributed by atoms with van der Waals surface area (Å²) in [5, 5.41) is 7.30. The molecular formula is C20H30N4O4. The minimum atomic E-state index is -0.597. The first-order valence-corrected chi connectivity index (χ1v) is 10.1. The Hall–Kier alpha value is -2.38. The van der Waals surface area contributed by atoms with Crippen molar-refractivity contribution in [2.45, 2.75) is 77.5 Å². The molecular weight excluding hydrogens is 360 g/mol. The minimum absolute atomic E-state index is 0.133. The second-order valence-electron chi connectivity index (χ2n) is 8.51. The lowest BCUT2D eigenvalue weighted by molar-refractivity contribution is -0.125. The van der Waals surface area contributed by atoms with E-state index in [-0.39, 0.29) is 11.5 Å². The van der Waals surface area contributed by atoms with Crippen LogP contribution in [-0.4, -0.2) is 51.4 Å². The third-order valence-electron chi connectivity index (χ3n) is 5.08. The van der Waals surface area contributed by atoms with Gasteiger partial charge in [0.05, 0.1) is 12.2 Å². The van der Waals surface area contributed by atoms with E-state index >= 15 is 0 Å². The van der Waals surface area contributed by atoms with Gasteiger partial charge >= 0.3 is 6.09 Å². The third kappa shape index (κ3) is 4.91. The zero-order valence-electron chi connectivity index (χ0n) is 17.0. The van der Waals surface area contributed by atoms with Gasteiger partial charge in [0.15, 0.2) is 0 Å². The fraction of sp³-hybridized carbons (Fsp3) is 0.700. The van der Waals surface area contributed by atoms with Gasteiger partial charge in [-0.25, -0.2) is 9.48 Å². The molecule has 0 spiro atoms. The van der Waals surface area contributed by atoms with Crippen molar-refractivity contribution in [2.75, 3.05) is 13.1 Å². The summed E-state index contributed by atoms with van der Waals surface area (Å²) >= 11 is 0. The number of aromatic nitrogens is 2. The highest BCUT2D eigenvalue weighted by Crippen LogP contribution is 2.21. The fourth-order valence-corrected chi connectivity index (χ4v) is 3.74. The van der Waals surface area contributed by atoms with Crippen molar-refractivity contribution in [1.82, 2.24) is 20.0 Å². The molecule has 2 aliphatic rings. The molecule has 0 radical (unpaired) electrons. The lowest BCUT2D eigenvalue weighted by Gasteiger charge is -2.28. The number of carbonyl (C=O) groups is 2. The number of hydrogen-bond donors (Lipinski definition) is 1. The van der Waals surface area contributed by atoms with Gasteiger partial charge in [-0.2, -0.15) is 5.10 Å². The summed E-state index contributed by atoms with van der Waals surface area (Å²) in [4.78, 5) is 38.6. The molecule has 8 heteroatoms. The maximum Gasteiger partial charge on any atom is 0.410 e. The first-order valence-electron chi connectivity index (χ1n) is 10.1. The van der Waals surface area contributed by atoms with Crippen LogP contribution in [0.25, 0.3) is 0 Å². The van der Waals surface area contributed by atoms with Crippen molar-refractivity contribution in [3.63, 3.8) is 0 Å². The summed E-state index contributed by atoms with van der Waals surface area (Å²) in [5.41, 5.74) is 1.31. The van der Waals surface area contributed by atoms with Crippen LogP contribution in [0.5, 0.6) is 0 Å². The van der Waals surface area contributed by atoms with Crippen molar-refractivity contribution in [1.29, 1.82) is 0 Å². The molecule has 2 heterocycles. The standard InChI is InChI=1S/C20H30N4O4/c1-20(2,3)28-19(27)23-11-6-9-16(23)18(26)21-10-12-24-17(25)13-14-7-4-5-8-15(14)22-24/h13,16H,4-12H2,1-3H3,(H,21,26). The van der Waals surface area contributed by atoms with E-state index in [1.54, 1.807) is 26.8 Å². The van der Waals surface area contributed by atoms with Crippen LogP contribution in [0, 0.1) is 0 Å². The van der Waals surface area contributed by atoms with E-state index in [1.807, 2.05) is 0 Å². The van der Waals surface area contributed by atoms with Gasteiger partial charge in [0, 0.05) is 19.2 Å². The predicted molar refractivity (Wildman–Crippen MR) is 104 cm³/mol. The topological polar surface area (TPSA) is 93.5 Å². The molecule has 1 N–H and O–H groups in total. The zero-order chi connectivity index (χ0) is 20.3. The Labute approximate surface area is 165 Å². The van der Waals surface area contributed by atoms with Gasteiger partial charge in [0.25, 0.3) is 5.56 Å². The number of nitrogens with one attached hydrogen (secondary N) is 1. The van der Waals surface area contributed by atoms with Crippen molar-refractivity contribution < 1.29 is 14.3 Å². The average molecular weight is 390 g/mol. The summed E-state index contributed by atoms with van der Waals surface area (Å²) in [6.45, 7) is 6.54. The van der Waals surface area contributed by atoms with Crippen molar-refractivity contribution >= 4 is 12.0 Å². The Bertz CT molecular complexity index is 796. The lowest BCUT2D eigenvalue weighted by atomic mass is 9.97. The van der Waals surface area contributed by atoms with E-state index in [2.05, 4.69) is 10.4 Å². The molecule has 0 aromatic carbocycles. The van der Waals surface area contributed by atoms with Crippen LogP contribution < -0.4 is 10.9 Å². The molecule has 1 aromatic rings. The van der Waals surface area contributed by atoms with E-state index in [0.29, 0.717) is 26.1 Å². The first-order chi connectivity index (χ1) is 13.2. The van der Waals surface area contributed by atoms with E-state index in [9.17, 15) is 14.4 Å². The van der Waals surface area contributed by atoms with E-state index in [0.717, 1.165) is 43.4 Å². The summed E-state index contributed by atoms with van der Waals surface area (Å²) in [5.74, 6) is -0.214. The second kappa shape index (κ2) is 8.32. The van der Waals surface area contributed by atoms with E-state index in [4.69, 9.17) is 4.74 Å². The lowest BCUT2D eigenvalue weighted by Crippen LogP contribution is -2.48. The van der Waals surface area contributed by atoms with E-state index in [1.165, 1.54) is 9.58 Å². The van der Waals surface area contributed by atoms with Gasteiger partial charge in [0.1, 0.15) is 11.6 Å².